The van der Waals surface area contributed by atoms with Gasteiger partial charge in [-0.1, -0.05) is 73.5 Å². The van der Waals surface area contributed by atoms with Gasteiger partial charge in [-0.3, -0.25) is 9.59 Å². The first-order valence-electron chi connectivity index (χ1n) is 12.0. The standard InChI is InChI=1S/C29H27FN2O2S/c30-23-14-11-21(12-15-23)19-32-25-18-22(28(33)31-24-9-5-2-6-10-24)13-16-26(25)35-27(29(32)34)17-20-7-3-1-4-8-20/h1,3-4,7-8,11-18,24H,2,5-6,9-10,19H2,(H,31,33). The molecule has 0 saturated heterocycles. The maximum atomic E-state index is 13.6. The van der Waals surface area contributed by atoms with Crippen LogP contribution in [0.25, 0.3) is 6.08 Å². The normalized spacial score (nSPS) is 17.3. The van der Waals surface area contributed by atoms with Crippen LogP contribution in [0.15, 0.2) is 82.6 Å². The van der Waals surface area contributed by atoms with Gasteiger partial charge in [0.05, 0.1) is 17.1 Å². The summed E-state index contributed by atoms with van der Waals surface area (Å²) in [7, 11) is 0. The Labute approximate surface area is 209 Å². The highest BCUT2D eigenvalue weighted by molar-refractivity contribution is 8.04. The molecule has 4 nitrogen and oxygen atoms in total. The van der Waals surface area contributed by atoms with Gasteiger partial charge in [0, 0.05) is 16.5 Å². The first kappa shape index (κ1) is 23.4. The zero-order valence-corrected chi connectivity index (χ0v) is 20.2. The summed E-state index contributed by atoms with van der Waals surface area (Å²) in [5, 5.41) is 3.16. The number of hydrogen-bond acceptors (Lipinski definition) is 3. The Morgan fingerprint density at radius 3 is 2.49 bits per heavy atom. The molecule has 1 N–H and O–H groups in total. The van der Waals surface area contributed by atoms with E-state index in [0.717, 1.165) is 41.7 Å². The zero-order chi connectivity index (χ0) is 24.2. The van der Waals surface area contributed by atoms with Crippen LogP contribution in [0.1, 0.15) is 53.6 Å². The van der Waals surface area contributed by atoms with Crippen LogP contribution in [0.2, 0.25) is 0 Å². The summed E-state index contributed by atoms with van der Waals surface area (Å²) in [5.41, 5.74) is 3.00. The SMILES string of the molecule is O=C(NC1CCCCC1)c1ccc2c(c1)N(Cc1ccc(F)cc1)C(=O)C(=Cc1ccccc1)S2. The molecular weight excluding hydrogens is 459 g/mol. The number of amides is 2. The number of carbonyl (C=O) groups is 2. The molecule has 0 atom stereocenters. The third-order valence-electron chi connectivity index (χ3n) is 6.48. The van der Waals surface area contributed by atoms with Crippen molar-refractivity contribution in [1.82, 2.24) is 5.32 Å². The van der Waals surface area contributed by atoms with Gasteiger partial charge < -0.3 is 10.2 Å². The second kappa shape index (κ2) is 10.5. The summed E-state index contributed by atoms with van der Waals surface area (Å²) in [6.45, 7) is 0.284. The smallest absolute Gasteiger partial charge is 0.265 e. The maximum Gasteiger partial charge on any atom is 0.265 e. The molecule has 35 heavy (non-hydrogen) atoms. The summed E-state index contributed by atoms with van der Waals surface area (Å²) in [6, 6.07) is 21.6. The van der Waals surface area contributed by atoms with E-state index in [-0.39, 0.29) is 30.2 Å². The van der Waals surface area contributed by atoms with E-state index < -0.39 is 0 Å². The topological polar surface area (TPSA) is 49.4 Å². The lowest BCUT2D eigenvalue weighted by atomic mass is 9.95. The number of carbonyl (C=O) groups excluding carboxylic acids is 2. The van der Waals surface area contributed by atoms with E-state index in [1.807, 2.05) is 48.5 Å². The summed E-state index contributed by atoms with van der Waals surface area (Å²) >= 11 is 1.41. The van der Waals surface area contributed by atoms with Crippen molar-refractivity contribution in [3.63, 3.8) is 0 Å². The average molecular weight is 487 g/mol. The highest BCUT2D eigenvalue weighted by Gasteiger charge is 2.30. The van der Waals surface area contributed by atoms with Gasteiger partial charge in [0.15, 0.2) is 0 Å². The quantitative estimate of drug-likeness (QED) is 0.415. The van der Waals surface area contributed by atoms with Crippen LogP contribution < -0.4 is 10.2 Å². The molecule has 0 radical (unpaired) electrons. The van der Waals surface area contributed by atoms with Crippen molar-refractivity contribution in [3.8, 4) is 0 Å². The van der Waals surface area contributed by atoms with Crippen molar-refractivity contribution in [2.24, 2.45) is 0 Å². The van der Waals surface area contributed by atoms with Crippen molar-refractivity contribution in [2.75, 3.05) is 4.90 Å². The molecule has 6 heteroatoms. The van der Waals surface area contributed by atoms with E-state index in [1.165, 1.54) is 30.3 Å². The highest BCUT2D eigenvalue weighted by Crippen LogP contribution is 2.43. The summed E-state index contributed by atoms with van der Waals surface area (Å²) in [4.78, 5) is 29.8. The van der Waals surface area contributed by atoms with Crippen LogP contribution in [-0.2, 0) is 11.3 Å². The Bertz CT molecular complexity index is 1250. The first-order valence-corrected chi connectivity index (χ1v) is 12.8. The zero-order valence-electron chi connectivity index (χ0n) is 19.4. The van der Waals surface area contributed by atoms with Gasteiger partial charge in [0.2, 0.25) is 0 Å². The van der Waals surface area contributed by atoms with Crippen LogP contribution in [-0.4, -0.2) is 17.9 Å². The number of nitrogens with zero attached hydrogens (tertiary/aromatic N) is 1. The van der Waals surface area contributed by atoms with E-state index >= 15 is 0 Å². The Hall–Kier alpha value is -3.38. The molecule has 2 amide bonds. The predicted molar refractivity (Wildman–Crippen MR) is 139 cm³/mol. The molecule has 5 rings (SSSR count). The van der Waals surface area contributed by atoms with Gasteiger partial charge >= 0.3 is 0 Å². The summed E-state index contributed by atoms with van der Waals surface area (Å²) in [5.74, 6) is -0.564. The molecule has 0 bridgehead atoms. The van der Waals surface area contributed by atoms with Crippen LogP contribution >= 0.6 is 11.8 Å². The third-order valence-corrected chi connectivity index (χ3v) is 7.56. The molecule has 3 aromatic rings. The van der Waals surface area contributed by atoms with Gasteiger partial charge in [-0.05, 0) is 60.4 Å². The van der Waals surface area contributed by atoms with E-state index in [4.69, 9.17) is 0 Å². The molecular formula is C29H27FN2O2S. The lowest BCUT2D eigenvalue weighted by molar-refractivity contribution is -0.114. The van der Waals surface area contributed by atoms with Crippen molar-refractivity contribution < 1.29 is 14.0 Å². The lowest BCUT2D eigenvalue weighted by Crippen LogP contribution is -2.37. The first-order chi connectivity index (χ1) is 17.1. The molecule has 1 aliphatic carbocycles. The van der Waals surface area contributed by atoms with Gasteiger partial charge in [-0.2, -0.15) is 0 Å². The van der Waals surface area contributed by atoms with Crippen molar-refractivity contribution in [3.05, 3.63) is 100 Å². The third kappa shape index (κ3) is 5.49. The van der Waals surface area contributed by atoms with Gasteiger partial charge in [-0.25, -0.2) is 4.39 Å². The van der Waals surface area contributed by atoms with E-state index in [0.29, 0.717) is 16.2 Å². The Morgan fingerprint density at radius 1 is 1.00 bits per heavy atom. The van der Waals surface area contributed by atoms with Gasteiger partial charge in [0.1, 0.15) is 5.82 Å². The number of thioether (sulfide) groups is 1. The number of halogens is 1. The number of hydrogen-bond donors (Lipinski definition) is 1. The monoisotopic (exact) mass is 486 g/mol. The minimum atomic E-state index is -0.319. The molecule has 0 aromatic heterocycles. The van der Waals surface area contributed by atoms with E-state index in [9.17, 15) is 14.0 Å². The molecule has 1 heterocycles. The van der Waals surface area contributed by atoms with Crippen molar-refractivity contribution in [1.29, 1.82) is 0 Å². The van der Waals surface area contributed by atoms with Crippen LogP contribution in [0.5, 0.6) is 0 Å². The average Bonchev–Trinajstić information content (AvgIpc) is 2.88. The molecule has 178 valence electrons. The minimum absolute atomic E-state index is 0.107. The Balaban J connectivity index is 1.48. The summed E-state index contributed by atoms with van der Waals surface area (Å²) < 4.78 is 13.5. The Kier molecular flexibility index (Phi) is 7.00. The van der Waals surface area contributed by atoms with Crippen LogP contribution in [0.4, 0.5) is 10.1 Å². The second-order valence-corrected chi connectivity index (χ2v) is 10.1. The lowest BCUT2D eigenvalue weighted by Gasteiger charge is -2.31. The number of fused-ring (bicyclic) bond motifs is 1. The highest BCUT2D eigenvalue weighted by atomic mass is 32.2. The van der Waals surface area contributed by atoms with E-state index in [1.54, 1.807) is 23.1 Å². The van der Waals surface area contributed by atoms with Gasteiger partial charge in [-0.15, -0.1) is 0 Å². The molecule has 0 unspecified atom stereocenters. The van der Waals surface area contributed by atoms with Crippen LogP contribution in [0, 0.1) is 5.82 Å². The fraction of sp³-hybridized carbons (Fsp3) is 0.241. The predicted octanol–water partition coefficient (Wildman–Crippen LogP) is 6.57. The van der Waals surface area contributed by atoms with Gasteiger partial charge in [0.25, 0.3) is 11.8 Å². The van der Waals surface area contributed by atoms with Crippen molar-refractivity contribution in [2.45, 2.75) is 49.6 Å². The molecule has 3 aromatic carbocycles. The number of nitrogens with one attached hydrogen (secondary N) is 1. The minimum Gasteiger partial charge on any atom is -0.349 e. The Morgan fingerprint density at radius 2 is 1.74 bits per heavy atom. The largest absolute Gasteiger partial charge is 0.349 e. The number of benzene rings is 3. The maximum absolute atomic E-state index is 13.6. The molecule has 2 aliphatic rings. The second-order valence-electron chi connectivity index (χ2n) is 9.03. The van der Waals surface area contributed by atoms with Crippen LogP contribution in [0.3, 0.4) is 0 Å². The fourth-order valence-electron chi connectivity index (χ4n) is 4.60. The number of rotatable bonds is 5. The van der Waals surface area contributed by atoms with Crippen molar-refractivity contribution >= 4 is 35.3 Å². The van der Waals surface area contributed by atoms with E-state index in [2.05, 4.69) is 5.32 Å². The number of anilines is 1. The fourth-order valence-corrected chi connectivity index (χ4v) is 5.64. The molecule has 1 aliphatic heterocycles. The molecule has 1 fully saturated rings. The summed E-state index contributed by atoms with van der Waals surface area (Å²) in [6.07, 6.45) is 7.41. The molecule has 0 spiro atoms. The molecule has 1 saturated carbocycles.